The van der Waals surface area contributed by atoms with Crippen LogP contribution < -0.4 is 5.32 Å². The maximum absolute atomic E-state index is 11.6. The first-order valence-corrected chi connectivity index (χ1v) is 9.94. The lowest BCUT2D eigenvalue weighted by Crippen LogP contribution is -2.50. The number of hydrogen-bond donors (Lipinski definition) is 2. The van der Waals surface area contributed by atoms with Gasteiger partial charge < -0.3 is 19.6 Å². The number of ether oxygens (including phenoxy) is 1. The highest BCUT2D eigenvalue weighted by Crippen LogP contribution is 2.37. The van der Waals surface area contributed by atoms with Gasteiger partial charge in [-0.25, -0.2) is 9.59 Å². The van der Waals surface area contributed by atoms with Crippen LogP contribution in [0, 0.1) is 0 Å². The fourth-order valence-electron chi connectivity index (χ4n) is 1.20. The molecule has 0 aromatic rings. The standard InChI is InChI=1S/C14H29NO5Si/c1-13(2,3)19-12(18)15-9-10(11(16)17)20-21(7,8)14(4,5)6/h10H,9H2,1-8H3,(H,15,18)(H,16,17)/t10-/m1/s1. The molecule has 0 saturated carbocycles. The smallest absolute Gasteiger partial charge is 0.407 e. The second-order valence-corrected chi connectivity index (χ2v) is 12.3. The average Bonchev–Trinajstić information content (AvgIpc) is 2.19. The number of carbonyl (C=O) groups is 2. The highest BCUT2D eigenvalue weighted by Gasteiger charge is 2.40. The lowest BCUT2D eigenvalue weighted by atomic mass is 10.2. The molecule has 1 atom stereocenters. The van der Waals surface area contributed by atoms with E-state index in [0.717, 1.165) is 0 Å². The number of alkyl carbamates (subject to hydrolysis) is 1. The van der Waals surface area contributed by atoms with Crippen LogP contribution in [0.4, 0.5) is 4.79 Å². The molecule has 7 heteroatoms. The van der Waals surface area contributed by atoms with Gasteiger partial charge in [-0.2, -0.15) is 0 Å². The van der Waals surface area contributed by atoms with E-state index in [0.29, 0.717) is 0 Å². The largest absolute Gasteiger partial charge is 0.479 e. The fourth-order valence-corrected chi connectivity index (χ4v) is 2.45. The van der Waals surface area contributed by atoms with E-state index in [1.54, 1.807) is 20.8 Å². The first kappa shape index (κ1) is 19.9. The molecule has 0 rings (SSSR count). The minimum atomic E-state index is -2.22. The molecule has 6 nitrogen and oxygen atoms in total. The minimum absolute atomic E-state index is 0.105. The van der Waals surface area contributed by atoms with Gasteiger partial charge in [-0.3, -0.25) is 0 Å². The Kier molecular flexibility index (Phi) is 6.43. The maximum atomic E-state index is 11.6. The molecular weight excluding hydrogens is 290 g/mol. The summed E-state index contributed by atoms with van der Waals surface area (Å²) in [6, 6.07) is 0. The van der Waals surface area contributed by atoms with Crippen molar-refractivity contribution in [1.29, 1.82) is 0 Å². The molecule has 1 amide bonds. The second-order valence-electron chi connectivity index (χ2n) is 7.59. The Balaban J connectivity index is 4.67. The number of amides is 1. The van der Waals surface area contributed by atoms with Crippen LogP contribution in [0.2, 0.25) is 18.1 Å². The first-order chi connectivity index (χ1) is 9.16. The van der Waals surface area contributed by atoms with Gasteiger partial charge in [-0.05, 0) is 38.9 Å². The van der Waals surface area contributed by atoms with Crippen molar-refractivity contribution >= 4 is 20.4 Å². The Hall–Kier alpha value is -1.08. The van der Waals surface area contributed by atoms with Crippen LogP contribution in [0.25, 0.3) is 0 Å². The van der Waals surface area contributed by atoms with Crippen LogP contribution in [0.3, 0.4) is 0 Å². The second kappa shape index (κ2) is 6.78. The first-order valence-electron chi connectivity index (χ1n) is 7.03. The fraction of sp³-hybridized carbons (Fsp3) is 0.857. The van der Waals surface area contributed by atoms with Crippen molar-refractivity contribution in [3.63, 3.8) is 0 Å². The van der Waals surface area contributed by atoms with Crippen LogP contribution in [0.15, 0.2) is 0 Å². The van der Waals surface area contributed by atoms with E-state index >= 15 is 0 Å². The third-order valence-corrected chi connectivity index (χ3v) is 7.84. The lowest BCUT2D eigenvalue weighted by molar-refractivity contribution is -0.145. The molecule has 0 heterocycles. The molecule has 21 heavy (non-hydrogen) atoms. The topological polar surface area (TPSA) is 84.9 Å². The normalized spacial score (nSPS) is 14.5. The Morgan fingerprint density at radius 3 is 1.95 bits per heavy atom. The van der Waals surface area contributed by atoms with Gasteiger partial charge >= 0.3 is 12.1 Å². The number of aliphatic carboxylic acids is 1. The summed E-state index contributed by atoms with van der Waals surface area (Å²) in [4.78, 5) is 22.9. The van der Waals surface area contributed by atoms with Gasteiger partial charge in [0.15, 0.2) is 14.4 Å². The predicted molar refractivity (Wildman–Crippen MR) is 83.9 cm³/mol. The zero-order chi connectivity index (χ0) is 17.1. The monoisotopic (exact) mass is 319 g/mol. The van der Waals surface area contributed by atoms with Crippen LogP contribution in [-0.2, 0) is 14.0 Å². The lowest BCUT2D eigenvalue weighted by Gasteiger charge is -2.38. The van der Waals surface area contributed by atoms with Crippen molar-refractivity contribution < 1.29 is 23.9 Å². The van der Waals surface area contributed by atoms with Crippen LogP contribution in [-0.4, -0.2) is 43.7 Å². The molecule has 0 aliphatic rings. The van der Waals surface area contributed by atoms with E-state index in [1.807, 2.05) is 33.9 Å². The van der Waals surface area contributed by atoms with Gasteiger partial charge in [-0.1, -0.05) is 20.8 Å². The van der Waals surface area contributed by atoms with Crippen molar-refractivity contribution in [1.82, 2.24) is 5.32 Å². The molecule has 2 N–H and O–H groups in total. The van der Waals surface area contributed by atoms with Crippen molar-refractivity contribution in [2.75, 3.05) is 6.54 Å². The van der Waals surface area contributed by atoms with E-state index in [1.165, 1.54) is 0 Å². The van der Waals surface area contributed by atoms with Crippen LogP contribution >= 0.6 is 0 Å². The van der Waals surface area contributed by atoms with Gasteiger partial charge in [0.1, 0.15) is 5.60 Å². The maximum Gasteiger partial charge on any atom is 0.407 e. The Morgan fingerprint density at radius 2 is 1.62 bits per heavy atom. The van der Waals surface area contributed by atoms with Crippen molar-refractivity contribution in [2.24, 2.45) is 0 Å². The van der Waals surface area contributed by atoms with Gasteiger partial charge in [0.2, 0.25) is 0 Å². The summed E-state index contributed by atoms with van der Waals surface area (Å²) in [6.07, 6.45) is -1.72. The Labute approximate surface area is 128 Å². The molecule has 124 valence electrons. The van der Waals surface area contributed by atoms with Gasteiger partial charge in [-0.15, -0.1) is 0 Å². The Bertz CT molecular complexity index is 382. The zero-order valence-corrected chi connectivity index (χ0v) is 15.4. The quantitative estimate of drug-likeness (QED) is 0.761. The summed E-state index contributed by atoms with van der Waals surface area (Å²) in [5.41, 5.74) is -0.622. The highest BCUT2D eigenvalue weighted by molar-refractivity contribution is 6.74. The van der Waals surface area contributed by atoms with Crippen LogP contribution in [0.1, 0.15) is 41.5 Å². The van der Waals surface area contributed by atoms with E-state index in [-0.39, 0.29) is 11.6 Å². The molecule has 0 aromatic carbocycles. The third kappa shape index (κ3) is 7.47. The zero-order valence-electron chi connectivity index (χ0n) is 14.4. The number of carbonyl (C=O) groups excluding carboxylic acids is 1. The van der Waals surface area contributed by atoms with Gasteiger partial charge in [0.25, 0.3) is 0 Å². The van der Waals surface area contributed by atoms with E-state index in [2.05, 4.69) is 5.32 Å². The predicted octanol–water partition coefficient (Wildman–Crippen LogP) is 2.99. The number of rotatable bonds is 5. The van der Waals surface area contributed by atoms with Crippen LogP contribution in [0.5, 0.6) is 0 Å². The molecule has 0 unspecified atom stereocenters. The summed E-state index contributed by atoms with van der Waals surface area (Å²) in [7, 11) is -2.22. The number of nitrogens with one attached hydrogen (secondary N) is 1. The number of carboxylic acids is 1. The summed E-state index contributed by atoms with van der Waals surface area (Å²) < 4.78 is 10.9. The molecular formula is C14H29NO5Si. The molecule has 0 aliphatic carbocycles. The van der Waals surface area contributed by atoms with E-state index < -0.39 is 32.1 Å². The van der Waals surface area contributed by atoms with Gasteiger partial charge in [0.05, 0.1) is 6.54 Å². The molecule has 0 saturated heterocycles. The molecule has 0 spiro atoms. The van der Waals surface area contributed by atoms with Crippen molar-refractivity contribution in [3.8, 4) is 0 Å². The number of hydrogen-bond acceptors (Lipinski definition) is 4. The summed E-state index contributed by atoms with van der Waals surface area (Å²) in [5.74, 6) is -1.09. The molecule has 0 bridgehead atoms. The molecule has 0 aliphatic heterocycles. The summed E-state index contributed by atoms with van der Waals surface area (Å²) in [6.45, 7) is 15.1. The summed E-state index contributed by atoms with van der Waals surface area (Å²) >= 11 is 0. The third-order valence-electron chi connectivity index (χ3n) is 3.35. The van der Waals surface area contributed by atoms with Crippen molar-refractivity contribution in [3.05, 3.63) is 0 Å². The summed E-state index contributed by atoms with van der Waals surface area (Å²) in [5, 5.41) is 11.6. The molecule has 0 radical (unpaired) electrons. The molecule has 0 fully saturated rings. The van der Waals surface area contributed by atoms with Gasteiger partial charge in [0, 0.05) is 0 Å². The van der Waals surface area contributed by atoms with E-state index in [4.69, 9.17) is 9.16 Å². The number of carboxylic acid groups (broad SMARTS) is 1. The minimum Gasteiger partial charge on any atom is -0.479 e. The average molecular weight is 319 g/mol. The SMILES string of the molecule is CC(C)(C)OC(=O)NC[C@@H](O[Si](C)(C)C(C)(C)C)C(=O)O. The van der Waals surface area contributed by atoms with E-state index in [9.17, 15) is 14.7 Å². The Morgan fingerprint density at radius 1 is 1.14 bits per heavy atom. The highest BCUT2D eigenvalue weighted by atomic mass is 28.4. The van der Waals surface area contributed by atoms with Crippen molar-refractivity contribution in [2.45, 2.75) is 71.4 Å². The molecule has 0 aromatic heterocycles.